The summed E-state index contributed by atoms with van der Waals surface area (Å²) in [6.45, 7) is 4.94. The quantitative estimate of drug-likeness (QED) is 0.598. The average Bonchev–Trinajstić information content (AvgIpc) is 2.65. The predicted octanol–water partition coefficient (Wildman–Crippen LogP) is -0.340. The second kappa shape index (κ2) is 5.09. The Balaban J connectivity index is 1.61. The summed E-state index contributed by atoms with van der Waals surface area (Å²) in [4.78, 5) is 25.7. The van der Waals surface area contributed by atoms with Gasteiger partial charge in [0.2, 0.25) is 0 Å². The summed E-state index contributed by atoms with van der Waals surface area (Å²) in [5.41, 5.74) is -0.664. The monoisotopic (exact) mass is 266 g/mol. The largest absolute Gasteiger partial charge is 0.322 e. The molecule has 1 spiro atoms. The van der Waals surface area contributed by atoms with Gasteiger partial charge in [-0.2, -0.15) is 0 Å². The summed E-state index contributed by atoms with van der Waals surface area (Å²) < 4.78 is 0. The Morgan fingerprint density at radius 2 is 2.05 bits per heavy atom. The first kappa shape index (κ1) is 12.9. The van der Waals surface area contributed by atoms with E-state index in [4.69, 9.17) is 0 Å². The second-order valence-electron chi connectivity index (χ2n) is 6.02. The van der Waals surface area contributed by atoms with E-state index >= 15 is 0 Å². The Morgan fingerprint density at radius 3 is 2.74 bits per heavy atom. The Hall–Kier alpha value is -1.14. The number of carbonyl (C=O) groups is 2. The molecule has 3 aliphatic rings. The summed E-state index contributed by atoms with van der Waals surface area (Å²) in [5, 5.41) is 8.58. The van der Waals surface area contributed by atoms with Gasteiger partial charge in [0.15, 0.2) is 0 Å². The van der Waals surface area contributed by atoms with Crippen LogP contribution in [0.3, 0.4) is 0 Å². The summed E-state index contributed by atoms with van der Waals surface area (Å²) in [6.07, 6.45) is 4.15. The molecule has 0 aromatic rings. The normalized spacial score (nSPS) is 33.5. The van der Waals surface area contributed by atoms with Gasteiger partial charge in [-0.3, -0.25) is 10.1 Å². The first-order valence-electron chi connectivity index (χ1n) is 7.25. The minimum absolute atomic E-state index is 0.146. The summed E-state index contributed by atoms with van der Waals surface area (Å²) in [7, 11) is 0. The SMILES string of the molecule is O=C1NC(=O)C2(CCCN(CC3CCNCC3)C2)N1. The number of rotatable bonds is 2. The fourth-order valence-electron chi connectivity index (χ4n) is 3.54. The third kappa shape index (κ3) is 2.60. The molecule has 6 nitrogen and oxygen atoms in total. The molecule has 0 aromatic carbocycles. The van der Waals surface area contributed by atoms with E-state index in [2.05, 4.69) is 20.9 Å². The number of piperidine rings is 2. The molecule has 0 aromatic heterocycles. The fourth-order valence-corrected chi connectivity index (χ4v) is 3.54. The lowest BCUT2D eigenvalue weighted by Crippen LogP contribution is -2.59. The lowest BCUT2D eigenvalue weighted by molar-refractivity contribution is -0.126. The van der Waals surface area contributed by atoms with E-state index in [1.807, 2.05) is 0 Å². The summed E-state index contributed by atoms with van der Waals surface area (Å²) >= 11 is 0. The van der Waals surface area contributed by atoms with Crippen LogP contribution in [0.4, 0.5) is 4.79 Å². The Kier molecular flexibility index (Phi) is 3.45. The highest BCUT2D eigenvalue weighted by Gasteiger charge is 2.48. The third-order valence-electron chi connectivity index (χ3n) is 4.56. The predicted molar refractivity (Wildman–Crippen MR) is 70.7 cm³/mol. The van der Waals surface area contributed by atoms with Gasteiger partial charge in [-0.1, -0.05) is 0 Å². The van der Waals surface area contributed by atoms with E-state index in [1.165, 1.54) is 12.8 Å². The van der Waals surface area contributed by atoms with Crippen molar-refractivity contribution in [2.45, 2.75) is 31.2 Å². The lowest BCUT2D eigenvalue weighted by atomic mass is 9.88. The first-order chi connectivity index (χ1) is 9.18. The number of nitrogens with zero attached hydrogens (tertiary/aromatic N) is 1. The Morgan fingerprint density at radius 1 is 1.26 bits per heavy atom. The van der Waals surface area contributed by atoms with Gasteiger partial charge in [-0.15, -0.1) is 0 Å². The number of hydrogen-bond donors (Lipinski definition) is 3. The van der Waals surface area contributed by atoms with Gasteiger partial charge in [0.25, 0.3) is 5.91 Å². The maximum atomic E-state index is 12.0. The van der Waals surface area contributed by atoms with Crippen LogP contribution in [0.2, 0.25) is 0 Å². The van der Waals surface area contributed by atoms with E-state index in [1.54, 1.807) is 0 Å². The number of likely N-dealkylation sites (tertiary alicyclic amines) is 1. The molecule has 0 saturated carbocycles. The maximum Gasteiger partial charge on any atom is 0.322 e. The van der Waals surface area contributed by atoms with Crippen LogP contribution in [0.1, 0.15) is 25.7 Å². The molecule has 0 radical (unpaired) electrons. The Bertz CT molecular complexity index is 381. The molecular formula is C13H22N4O2. The molecule has 3 saturated heterocycles. The zero-order valence-corrected chi connectivity index (χ0v) is 11.2. The maximum absolute atomic E-state index is 12.0. The minimum Gasteiger partial charge on any atom is -0.322 e. The molecule has 3 amide bonds. The molecule has 106 valence electrons. The van der Waals surface area contributed by atoms with Crippen LogP contribution in [0.5, 0.6) is 0 Å². The molecule has 3 heterocycles. The van der Waals surface area contributed by atoms with Crippen molar-refractivity contribution in [1.82, 2.24) is 20.9 Å². The van der Waals surface area contributed by atoms with Crippen LogP contribution in [0, 0.1) is 5.92 Å². The fraction of sp³-hybridized carbons (Fsp3) is 0.846. The minimum atomic E-state index is -0.664. The highest BCUT2D eigenvalue weighted by Crippen LogP contribution is 2.26. The molecule has 3 fully saturated rings. The van der Waals surface area contributed by atoms with Gasteiger partial charge >= 0.3 is 6.03 Å². The van der Waals surface area contributed by atoms with Crippen LogP contribution >= 0.6 is 0 Å². The van der Waals surface area contributed by atoms with Crippen LogP contribution in [0.15, 0.2) is 0 Å². The number of nitrogens with one attached hydrogen (secondary N) is 3. The second-order valence-corrected chi connectivity index (χ2v) is 6.02. The molecule has 0 aliphatic carbocycles. The standard InChI is InChI=1S/C13H22N4O2/c18-11-13(16-12(19)15-11)4-1-7-17(9-13)8-10-2-5-14-6-3-10/h10,14H,1-9H2,(H2,15,16,18,19). The number of imide groups is 1. The molecule has 0 bridgehead atoms. The molecule has 3 N–H and O–H groups in total. The number of urea groups is 1. The number of hydrogen-bond acceptors (Lipinski definition) is 4. The molecule has 19 heavy (non-hydrogen) atoms. The van der Waals surface area contributed by atoms with Gasteiger partial charge in [0.1, 0.15) is 5.54 Å². The van der Waals surface area contributed by atoms with Crippen molar-refractivity contribution >= 4 is 11.9 Å². The van der Waals surface area contributed by atoms with E-state index < -0.39 is 5.54 Å². The number of amides is 3. The van der Waals surface area contributed by atoms with E-state index in [9.17, 15) is 9.59 Å². The van der Waals surface area contributed by atoms with E-state index in [-0.39, 0.29) is 11.9 Å². The van der Waals surface area contributed by atoms with Gasteiger partial charge in [-0.25, -0.2) is 4.79 Å². The van der Waals surface area contributed by atoms with Crippen molar-refractivity contribution in [3.8, 4) is 0 Å². The highest BCUT2D eigenvalue weighted by atomic mass is 16.2. The average molecular weight is 266 g/mol. The molecule has 3 rings (SSSR count). The van der Waals surface area contributed by atoms with Gasteiger partial charge in [-0.05, 0) is 51.2 Å². The van der Waals surface area contributed by atoms with Crippen molar-refractivity contribution < 1.29 is 9.59 Å². The van der Waals surface area contributed by atoms with Gasteiger partial charge in [0, 0.05) is 13.1 Å². The van der Waals surface area contributed by atoms with Crippen molar-refractivity contribution in [3.05, 3.63) is 0 Å². The zero-order chi connectivity index (χ0) is 13.3. The Labute approximate surface area is 113 Å². The highest BCUT2D eigenvalue weighted by molar-refractivity contribution is 6.07. The van der Waals surface area contributed by atoms with Crippen molar-refractivity contribution in [2.75, 3.05) is 32.7 Å². The number of carbonyl (C=O) groups excluding carboxylic acids is 2. The van der Waals surface area contributed by atoms with Crippen molar-refractivity contribution in [3.63, 3.8) is 0 Å². The lowest BCUT2D eigenvalue weighted by Gasteiger charge is -2.40. The topological polar surface area (TPSA) is 73.5 Å². The van der Waals surface area contributed by atoms with Crippen LogP contribution in [-0.4, -0.2) is 55.1 Å². The first-order valence-corrected chi connectivity index (χ1v) is 7.25. The van der Waals surface area contributed by atoms with Crippen LogP contribution < -0.4 is 16.0 Å². The van der Waals surface area contributed by atoms with E-state index in [0.717, 1.165) is 44.9 Å². The van der Waals surface area contributed by atoms with E-state index in [0.29, 0.717) is 6.54 Å². The van der Waals surface area contributed by atoms with Gasteiger partial charge < -0.3 is 15.5 Å². The molecule has 1 atom stereocenters. The van der Waals surface area contributed by atoms with Gasteiger partial charge in [0.05, 0.1) is 0 Å². The smallest absolute Gasteiger partial charge is 0.322 e. The zero-order valence-electron chi connectivity index (χ0n) is 11.2. The van der Waals surface area contributed by atoms with Crippen molar-refractivity contribution in [1.29, 1.82) is 0 Å². The van der Waals surface area contributed by atoms with Crippen molar-refractivity contribution in [2.24, 2.45) is 5.92 Å². The van der Waals surface area contributed by atoms with Crippen LogP contribution in [-0.2, 0) is 4.79 Å². The third-order valence-corrected chi connectivity index (χ3v) is 4.56. The summed E-state index contributed by atoms with van der Waals surface area (Å²) in [6, 6.07) is -0.339. The molecule has 3 aliphatic heterocycles. The molecular weight excluding hydrogens is 244 g/mol. The summed E-state index contributed by atoms with van der Waals surface area (Å²) in [5.74, 6) is 0.573. The molecule has 6 heteroatoms. The van der Waals surface area contributed by atoms with Crippen LogP contribution in [0.25, 0.3) is 0 Å². The molecule has 1 unspecified atom stereocenters.